The van der Waals surface area contributed by atoms with Crippen LogP contribution in [0, 0.1) is 27.7 Å². The molecule has 0 amide bonds. The molecular weight excluding hydrogens is 242 g/mol. The molecular formula is C14H15N3S. The Labute approximate surface area is 110 Å². The standard InChI is InChI=1S/C14H15N3S/c1-8-5-9(2)13-12(6-8)15-14(18-13)17-11(4)7-10(3)16-17/h5-7H,1-4H3. The van der Waals surface area contributed by atoms with Crippen LogP contribution in [-0.4, -0.2) is 14.8 Å². The summed E-state index contributed by atoms with van der Waals surface area (Å²) < 4.78 is 3.18. The average Bonchev–Trinajstić information content (AvgIpc) is 2.81. The van der Waals surface area contributed by atoms with Crippen LogP contribution in [0.2, 0.25) is 0 Å². The Morgan fingerprint density at radius 2 is 1.83 bits per heavy atom. The van der Waals surface area contributed by atoms with Crippen molar-refractivity contribution < 1.29 is 0 Å². The van der Waals surface area contributed by atoms with E-state index >= 15 is 0 Å². The summed E-state index contributed by atoms with van der Waals surface area (Å²) in [5.41, 5.74) is 5.76. The van der Waals surface area contributed by atoms with Crippen LogP contribution in [-0.2, 0) is 0 Å². The minimum absolute atomic E-state index is 0.948. The highest BCUT2D eigenvalue weighted by atomic mass is 32.1. The van der Waals surface area contributed by atoms with E-state index in [4.69, 9.17) is 4.98 Å². The first-order valence-corrected chi connectivity index (χ1v) is 6.77. The topological polar surface area (TPSA) is 30.7 Å². The normalized spacial score (nSPS) is 11.3. The van der Waals surface area contributed by atoms with E-state index < -0.39 is 0 Å². The minimum Gasteiger partial charge on any atom is -0.218 e. The van der Waals surface area contributed by atoms with E-state index in [1.165, 1.54) is 15.8 Å². The molecule has 3 aromatic rings. The summed E-state index contributed by atoms with van der Waals surface area (Å²) >= 11 is 1.70. The largest absolute Gasteiger partial charge is 0.218 e. The third-order valence-corrected chi connectivity index (χ3v) is 4.18. The van der Waals surface area contributed by atoms with E-state index in [-0.39, 0.29) is 0 Å². The monoisotopic (exact) mass is 257 g/mol. The Morgan fingerprint density at radius 3 is 2.50 bits per heavy atom. The van der Waals surface area contributed by atoms with Crippen LogP contribution in [0.5, 0.6) is 0 Å². The van der Waals surface area contributed by atoms with E-state index in [9.17, 15) is 0 Å². The van der Waals surface area contributed by atoms with Gasteiger partial charge in [-0.05, 0) is 51.0 Å². The fourth-order valence-electron chi connectivity index (χ4n) is 2.28. The van der Waals surface area contributed by atoms with Gasteiger partial charge in [-0.3, -0.25) is 0 Å². The highest BCUT2D eigenvalue weighted by Crippen LogP contribution is 2.29. The van der Waals surface area contributed by atoms with Crippen molar-refractivity contribution in [2.75, 3.05) is 0 Å². The van der Waals surface area contributed by atoms with Gasteiger partial charge in [0.2, 0.25) is 5.13 Å². The molecule has 0 N–H and O–H groups in total. The summed E-state index contributed by atoms with van der Waals surface area (Å²) in [6.07, 6.45) is 0. The molecule has 0 aliphatic carbocycles. The maximum atomic E-state index is 4.70. The van der Waals surface area contributed by atoms with Crippen molar-refractivity contribution in [3.8, 4) is 5.13 Å². The summed E-state index contributed by atoms with van der Waals surface area (Å²) in [5.74, 6) is 0. The summed E-state index contributed by atoms with van der Waals surface area (Å²) in [4.78, 5) is 4.70. The molecule has 0 unspecified atom stereocenters. The van der Waals surface area contributed by atoms with Gasteiger partial charge in [-0.2, -0.15) is 5.10 Å². The molecule has 0 saturated carbocycles. The van der Waals surface area contributed by atoms with Crippen molar-refractivity contribution in [3.05, 3.63) is 40.7 Å². The molecule has 0 bridgehead atoms. The minimum atomic E-state index is 0.948. The van der Waals surface area contributed by atoms with Gasteiger partial charge in [0.05, 0.1) is 15.9 Å². The first-order chi connectivity index (χ1) is 8.54. The fourth-order valence-corrected chi connectivity index (χ4v) is 3.30. The fraction of sp³-hybridized carbons (Fsp3) is 0.286. The lowest BCUT2D eigenvalue weighted by Gasteiger charge is -1.96. The third kappa shape index (κ3) is 1.73. The van der Waals surface area contributed by atoms with Crippen LogP contribution < -0.4 is 0 Å². The number of hydrogen-bond donors (Lipinski definition) is 0. The van der Waals surface area contributed by atoms with Crippen molar-refractivity contribution in [2.24, 2.45) is 0 Å². The second-order valence-electron chi connectivity index (χ2n) is 4.77. The molecule has 4 heteroatoms. The number of fused-ring (bicyclic) bond motifs is 1. The highest BCUT2D eigenvalue weighted by molar-refractivity contribution is 7.21. The van der Waals surface area contributed by atoms with Gasteiger partial charge in [0.1, 0.15) is 0 Å². The molecule has 2 heterocycles. The third-order valence-electron chi connectivity index (χ3n) is 3.00. The highest BCUT2D eigenvalue weighted by Gasteiger charge is 2.11. The molecule has 0 saturated heterocycles. The predicted molar refractivity (Wildman–Crippen MR) is 75.7 cm³/mol. The Morgan fingerprint density at radius 1 is 1.06 bits per heavy atom. The lowest BCUT2D eigenvalue weighted by molar-refractivity contribution is 0.828. The number of hydrogen-bond acceptors (Lipinski definition) is 3. The Bertz CT molecular complexity index is 737. The number of aryl methyl sites for hydroxylation is 4. The zero-order valence-electron chi connectivity index (χ0n) is 11.0. The summed E-state index contributed by atoms with van der Waals surface area (Å²) in [7, 11) is 0. The molecule has 2 aromatic heterocycles. The number of rotatable bonds is 1. The van der Waals surface area contributed by atoms with Crippen LogP contribution in [0.4, 0.5) is 0 Å². The number of benzene rings is 1. The van der Waals surface area contributed by atoms with Gasteiger partial charge in [0.25, 0.3) is 0 Å². The van der Waals surface area contributed by atoms with Crippen molar-refractivity contribution in [1.29, 1.82) is 0 Å². The van der Waals surface area contributed by atoms with Crippen LogP contribution >= 0.6 is 11.3 Å². The van der Waals surface area contributed by atoms with Crippen LogP contribution in [0.25, 0.3) is 15.3 Å². The Kier molecular flexibility index (Phi) is 2.48. The molecule has 0 aliphatic rings. The molecule has 0 spiro atoms. The summed E-state index contributed by atoms with van der Waals surface area (Å²) in [6.45, 7) is 8.31. The first kappa shape index (κ1) is 11.4. The second-order valence-corrected chi connectivity index (χ2v) is 5.74. The quantitative estimate of drug-likeness (QED) is 0.665. The molecule has 1 aromatic carbocycles. The summed E-state index contributed by atoms with van der Waals surface area (Å²) in [5, 5.41) is 5.44. The lowest BCUT2D eigenvalue weighted by Crippen LogP contribution is -1.97. The molecule has 0 radical (unpaired) electrons. The zero-order valence-corrected chi connectivity index (χ0v) is 11.8. The number of thiazole rings is 1. The van der Waals surface area contributed by atoms with Gasteiger partial charge in [-0.1, -0.05) is 17.4 Å². The van der Waals surface area contributed by atoms with Gasteiger partial charge >= 0.3 is 0 Å². The van der Waals surface area contributed by atoms with Gasteiger partial charge in [0.15, 0.2) is 0 Å². The average molecular weight is 257 g/mol. The van der Waals surface area contributed by atoms with E-state index in [1.54, 1.807) is 11.3 Å². The molecule has 92 valence electrons. The van der Waals surface area contributed by atoms with E-state index in [0.29, 0.717) is 0 Å². The van der Waals surface area contributed by atoms with Gasteiger partial charge in [0, 0.05) is 5.69 Å². The van der Waals surface area contributed by atoms with Crippen molar-refractivity contribution in [3.63, 3.8) is 0 Å². The Balaban J connectivity index is 2.25. The second kappa shape index (κ2) is 3.92. The van der Waals surface area contributed by atoms with Crippen molar-refractivity contribution >= 4 is 21.6 Å². The molecule has 0 fully saturated rings. The number of nitrogens with zero attached hydrogens (tertiary/aromatic N) is 3. The van der Waals surface area contributed by atoms with E-state index in [1.807, 2.05) is 11.6 Å². The molecule has 3 nitrogen and oxygen atoms in total. The van der Waals surface area contributed by atoms with Crippen molar-refractivity contribution in [1.82, 2.24) is 14.8 Å². The van der Waals surface area contributed by atoms with Gasteiger partial charge in [-0.15, -0.1) is 0 Å². The van der Waals surface area contributed by atoms with Crippen LogP contribution in [0.1, 0.15) is 22.5 Å². The zero-order chi connectivity index (χ0) is 12.9. The van der Waals surface area contributed by atoms with Crippen LogP contribution in [0.15, 0.2) is 18.2 Å². The summed E-state index contributed by atoms with van der Waals surface area (Å²) in [6, 6.07) is 6.41. The maximum absolute atomic E-state index is 4.70. The predicted octanol–water partition coefficient (Wildman–Crippen LogP) is 3.72. The van der Waals surface area contributed by atoms with Gasteiger partial charge in [-0.25, -0.2) is 9.67 Å². The molecule has 18 heavy (non-hydrogen) atoms. The maximum Gasteiger partial charge on any atom is 0.211 e. The lowest BCUT2D eigenvalue weighted by atomic mass is 10.1. The Hall–Kier alpha value is -1.68. The van der Waals surface area contributed by atoms with Gasteiger partial charge < -0.3 is 0 Å². The van der Waals surface area contributed by atoms with Crippen LogP contribution in [0.3, 0.4) is 0 Å². The molecule has 3 rings (SSSR count). The molecule has 0 aliphatic heterocycles. The smallest absolute Gasteiger partial charge is 0.211 e. The molecule has 0 atom stereocenters. The number of aromatic nitrogens is 3. The van der Waals surface area contributed by atoms with E-state index in [2.05, 4.69) is 44.1 Å². The van der Waals surface area contributed by atoms with Crippen molar-refractivity contribution in [2.45, 2.75) is 27.7 Å². The van der Waals surface area contributed by atoms with E-state index in [0.717, 1.165) is 22.0 Å². The first-order valence-electron chi connectivity index (χ1n) is 5.96. The SMILES string of the molecule is Cc1cc(C)c2sc(-n3nc(C)cc3C)nc2c1.